The molecule has 6 heteroatoms. The molecule has 2 aromatic rings. The molecule has 0 spiro atoms. The van der Waals surface area contributed by atoms with E-state index in [1.54, 1.807) is 12.1 Å². The van der Waals surface area contributed by atoms with E-state index in [4.69, 9.17) is 0 Å². The smallest absolute Gasteiger partial charge is 0.225 e. The van der Waals surface area contributed by atoms with Gasteiger partial charge in [-0.1, -0.05) is 12.1 Å². The monoisotopic (exact) mass is 369 g/mol. The number of aromatic nitrogens is 2. The highest BCUT2D eigenvalue weighted by atomic mass is 19.1. The Morgan fingerprint density at radius 1 is 0.704 bits per heavy atom. The number of halogens is 1. The zero-order chi connectivity index (χ0) is 18.5. The molecular weight excluding hydrogens is 341 g/mol. The summed E-state index contributed by atoms with van der Waals surface area (Å²) < 4.78 is 13.1. The fourth-order valence-corrected chi connectivity index (χ4v) is 3.96. The molecule has 0 N–H and O–H groups in total. The van der Waals surface area contributed by atoms with Gasteiger partial charge in [-0.15, -0.1) is 0 Å². The van der Waals surface area contributed by atoms with Crippen molar-refractivity contribution in [3.8, 4) is 0 Å². The van der Waals surface area contributed by atoms with E-state index < -0.39 is 0 Å². The van der Waals surface area contributed by atoms with Crippen LogP contribution in [0.25, 0.3) is 0 Å². The van der Waals surface area contributed by atoms with Crippen molar-refractivity contribution in [3.05, 3.63) is 53.6 Å². The van der Waals surface area contributed by atoms with Gasteiger partial charge in [-0.2, -0.15) is 0 Å². The molecule has 2 aliphatic heterocycles. The van der Waals surface area contributed by atoms with Crippen LogP contribution >= 0.6 is 0 Å². The first-order chi connectivity index (χ1) is 13.3. The van der Waals surface area contributed by atoms with Crippen LogP contribution in [0.3, 0.4) is 0 Å². The fraction of sp³-hybridized carbons (Fsp3) is 0.524. The summed E-state index contributed by atoms with van der Waals surface area (Å²) in [5.74, 6) is 0.705. The molecule has 0 radical (unpaired) electrons. The standard InChI is InChI=1S/C21H28FN5/c22-20-6-4-18(5-7-20)16-25-8-3-9-26(13-12-25)17-19-14-23-21(24-15-19)27-10-1-2-11-27/h4-7,14-15H,1-3,8-13,16-17H2. The van der Waals surface area contributed by atoms with E-state index in [2.05, 4.69) is 24.7 Å². The lowest BCUT2D eigenvalue weighted by atomic mass is 10.2. The van der Waals surface area contributed by atoms with E-state index in [1.165, 1.54) is 24.0 Å². The van der Waals surface area contributed by atoms with Gasteiger partial charge >= 0.3 is 0 Å². The molecule has 0 bridgehead atoms. The number of benzene rings is 1. The normalized spacial score (nSPS) is 19.4. The second-order valence-electron chi connectivity index (χ2n) is 7.62. The molecule has 0 atom stereocenters. The lowest BCUT2D eigenvalue weighted by molar-refractivity contribution is 0.247. The Bertz CT molecular complexity index is 712. The molecule has 0 saturated carbocycles. The SMILES string of the molecule is Fc1ccc(CN2CCCN(Cc3cnc(N4CCCC4)nc3)CC2)cc1. The molecule has 3 heterocycles. The summed E-state index contributed by atoms with van der Waals surface area (Å²) in [6.45, 7) is 8.20. The van der Waals surface area contributed by atoms with Gasteiger partial charge in [0, 0.05) is 57.2 Å². The zero-order valence-corrected chi connectivity index (χ0v) is 15.9. The van der Waals surface area contributed by atoms with Crippen molar-refractivity contribution in [2.45, 2.75) is 32.4 Å². The minimum absolute atomic E-state index is 0.168. The van der Waals surface area contributed by atoms with Crippen LogP contribution in [0.2, 0.25) is 0 Å². The van der Waals surface area contributed by atoms with Crippen LogP contribution in [0, 0.1) is 5.82 Å². The molecule has 1 aromatic carbocycles. The number of nitrogens with zero attached hydrogens (tertiary/aromatic N) is 5. The van der Waals surface area contributed by atoms with Gasteiger partial charge in [0.25, 0.3) is 0 Å². The van der Waals surface area contributed by atoms with Crippen LogP contribution < -0.4 is 4.90 Å². The van der Waals surface area contributed by atoms with Gasteiger partial charge < -0.3 is 4.90 Å². The summed E-state index contributed by atoms with van der Waals surface area (Å²) in [6.07, 6.45) is 7.61. The summed E-state index contributed by atoms with van der Waals surface area (Å²) in [4.78, 5) is 16.4. The lowest BCUT2D eigenvalue weighted by Crippen LogP contribution is -2.30. The maximum Gasteiger partial charge on any atom is 0.225 e. The molecule has 2 fully saturated rings. The third kappa shape index (κ3) is 5.02. The van der Waals surface area contributed by atoms with Crippen LogP contribution in [-0.2, 0) is 13.1 Å². The first-order valence-electron chi connectivity index (χ1n) is 10.0. The maximum atomic E-state index is 13.1. The average molecular weight is 369 g/mol. The molecule has 1 aromatic heterocycles. The Hall–Kier alpha value is -2.05. The first kappa shape index (κ1) is 18.3. The number of hydrogen-bond donors (Lipinski definition) is 0. The third-order valence-electron chi connectivity index (χ3n) is 5.49. The van der Waals surface area contributed by atoms with Crippen molar-refractivity contribution in [2.24, 2.45) is 0 Å². The van der Waals surface area contributed by atoms with E-state index in [1.807, 2.05) is 24.5 Å². The van der Waals surface area contributed by atoms with E-state index in [0.717, 1.165) is 64.7 Å². The molecule has 2 saturated heterocycles. The van der Waals surface area contributed by atoms with Crippen molar-refractivity contribution in [3.63, 3.8) is 0 Å². The van der Waals surface area contributed by atoms with E-state index in [9.17, 15) is 4.39 Å². The minimum atomic E-state index is -0.168. The van der Waals surface area contributed by atoms with Gasteiger partial charge in [0.1, 0.15) is 5.82 Å². The average Bonchev–Trinajstić information content (AvgIpc) is 3.14. The Labute approximate surface area is 160 Å². The van der Waals surface area contributed by atoms with Crippen molar-refractivity contribution in [1.82, 2.24) is 19.8 Å². The Balaban J connectivity index is 1.28. The Morgan fingerprint density at radius 2 is 1.30 bits per heavy atom. The second-order valence-corrected chi connectivity index (χ2v) is 7.62. The van der Waals surface area contributed by atoms with Gasteiger partial charge in [-0.25, -0.2) is 14.4 Å². The predicted molar refractivity (Wildman–Crippen MR) is 105 cm³/mol. The van der Waals surface area contributed by atoms with Crippen LogP contribution in [-0.4, -0.2) is 59.0 Å². The Kier molecular flexibility index (Phi) is 5.94. The minimum Gasteiger partial charge on any atom is -0.341 e. The molecule has 27 heavy (non-hydrogen) atoms. The Morgan fingerprint density at radius 3 is 1.93 bits per heavy atom. The van der Waals surface area contributed by atoms with Gasteiger partial charge in [-0.05, 0) is 50.0 Å². The highest BCUT2D eigenvalue weighted by Gasteiger charge is 2.17. The van der Waals surface area contributed by atoms with Gasteiger partial charge in [0.05, 0.1) is 0 Å². The van der Waals surface area contributed by atoms with Crippen LogP contribution in [0.4, 0.5) is 10.3 Å². The predicted octanol–water partition coefficient (Wildman–Crippen LogP) is 2.92. The summed E-state index contributed by atoms with van der Waals surface area (Å²) in [5, 5.41) is 0. The topological polar surface area (TPSA) is 35.5 Å². The summed E-state index contributed by atoms with van der Waals surface area (Å²) in [6, 6.07) is 6.87. The van der Waals surface area contributed by atoms with E-state index in [0.29, 0.717) is 0 Å². The number of hydrogen-bond acceptors (Lipinski definition) is 5. The highest BCUT2D eigenvalue weighted by Crippen LogP contribution is 2.16. The molecule has 2 aliphatic rings. The maximum absolute atomic E-state index is 13.1. The van der Waals surface area contributed by atoms with Crippen molar-refractivity contribution < 1.29 is 4.39 Å². The van der Waals surface area contributed by atoms with Gasteiger partial charge in [0.2, 0.25) is 5.95 Å². The molecule has 5 nitrogen and oxygen atoms in total. The molecule has 4 rings (SSSR count). The van der Waals surface area contributed by atoms with Crippen molar-refractivity contribution in [1.29, 1.82) is 0 Å². The van der Waals surface area contributed by atoms with Gasteiger partial charge in [-0.3, -0.25) is 9.80 Å². The third-order valence-corrected chi connectivity index (χ3v) is 5.49. The fourth-order valence-electron chi connectivity index (χ4n) is 3.96. The van der Waals surface area contributed by atoms with Crippen LogP contribution in [0.15, 0.2) is 36.7 Å². The van der Waals surface area contributed by atoms with Crippen LogP contribution in [0.1, 0.15) is 30.4 Å². The number of anilines is 1. The quantitative estimate of drug-likeness (QED) is 0.810. The molecule has 0 unspecified atom stereocenters. The summed E-state index contributed by atoms with van der Waals surface area (Å²) in [5.41, 5.74) is 2.36. The summed E-state index contributed by atoms with van der Waals surface area (Å²) in [7, 11) is 0. The molecule has 0 aliphatic carbocycles. The van der Waals surface area contributed by atoms with Crippen molar-refractivity contribution in [2.75, 3.05) is 44.2 Å². The molecule has 0 amide bonds. The second kappa shape index (κ2) is 8.76. The lowest BCUT2D eigenvalue weighted by Gasteiger charge is -2.22. The van der Waals surface area contributed by atoms with E-state index in [-0.39, 0.29) is 5.82 Å². The van der Waals surface area contributed by atoms with Crippen LogP contribution in [0.5, 0.6) is 0 Å². The number of rotatable bonds is 5. The first-order valence-corrected chi connectivity index (χ1v) is 10.0. The molecular formula is C21H28FN5. The largest absolute Gasteiger partial charge is 0.341 e. The highest BCUT2D eigenvalue weighted by molar-refractivity contribution is 5.31. The van der Waals surface area contributed by atoms with Crippen molar-refractivity contribution >= 4 is 5.95 Å². The van der Waals surface area contributed by atoms with Gasteiger partial charge in [0.15, 0.2) is 0 Å². The zero-order valence-electron chi connectivity index (χ0n) is 15.9. The molecule has 144 valence electrons. The summed E-state index contributed by atoms with van der Waals surface area (Å²) >= 11 is 0. The van der Waals surface area contributed by atoms with E-state index >= 15 is 0 Å².